The highest BCUT2D eigenvalue weighted by atomic mass is 35.5. The third kappa shape index (κ3) is 5.40. The van der Waals surface area contributed by atoms with Crippen molar-refractivity contribution in [1.82, 2.24) is 10.2 Å². The van der Waals surface area contributed by atoms with E-state index in [1.165, 1.54) is 17.0 Å². The first kappa shape index (κ1) is 20.9. The minimum absolute atomic E-state index is 0.0518. The second-order valence-corrected chi connectivity index (χ2v) is 6.17. The SMILES string of the molecule is CCN(CCO)C(=O)C(NC(=O)c1ccc([N+](=O)[O-])cc1Cl)C(C)C. The molecule has 0 saturated carbocycles. The highest BCUT2D eigenvalue weighted by molar-refractivity contribution is 6.34. The zero-order chi connectivity index (χ0) is 19.1. The van der Waals surface area contributed by atoms with Gasteiger partial charge in [0, 0.05) is 25.2 Å². The van der Waals surface area contributed by atoms with Crippen molar-refractivity contribution >= 4 is 29.1 Å². The van der Waals surface area contributed by atoms with Crippen molar-refractivity contribution < 1.29 is 19.6 Å². The molecule has 0 aliphatic heterocycles. The summed E-state index contributed by atoms with van der Waals surface area (Å²) in [5.74, 6) is -1.09. The number of carbonyl (C=O) groups excluding carboxylic acids is 2. The van der Waals surface area contributed by atoms with Gasteiger partial charge < -0.3 is 15.3 Å². The van der Waals surface area contributed by atoms with E-state index in [-0.39, 0.29) is 41.3 Å². The summed E-state index contributed by atoms with van der Waals surface area (Å²) in [6.07, 6.45) is 0. The van der Waals surface area contributed by atoms with Gasteiger partial charge in [-0.1, -0.05) is 25.4 Å². The summed E-state index contributed by atoms with van der Waals surface area (Å²) in [5.41, 5.74) is -0.172. The number of amides is 2. The van der Waals surface area contributed by atoms with E-state index in [4.69, 9.17) is 16.7 Å². The maximum atomic E-state index is 12.6. The number of nitro benzene ring substituents is 1. The average molecular weight is 372 g/mol. The number of hydrogen-bond donors (Lipinski definition) is 2. The summed E-state index contributed by atoms with van der Waals surface area (Å²) < 4.78 is 0. The molecule has 9 heteroatoms. The zero-order valence-corrected chi connectivity index (χ0v) is 15.1. The molecule has 2 N–H and O–H groups in total. The Balaban J connectivity index is 3.00. The number of halogens is 1. The molecular weight excluding hydrogens is 350 g/mol. The van der Waals surface area contributed by atoms with Crippen LogP contribution in [0.1, 0.15) is 31.1 Å². The maximum Gasteiger partial charge on any atom is 0.270 e. The van der Waals surface area contributed by atoms with Crippen molar-refractivity contribution in [2.45, 2.75) is 26.8 Å². The number of non-ortho nitro benzene ring substituents is 1. The smallest absolute Gasteiger partial charge is 0.270 e. The molecule has 0 aromatic heterocycles. The van der Waals surface area contributed by atoms with E-state index in [9.17, 15) is 19.7 Å². The van der Waals surface area contributed by atoms with Gasteiger partial charge in [0.2, 0.25) is 5.91 Å². The van der Waals surface area contributed by atoms with Gasteiger partial charge >= 0.3 is 0 Å². The van der Waals surface area contributed by atoms with Crippen LogP contribution in [0, 0.1) is 16.0 Å². The summed E-state index contributed by atoms with van der Waals surface area (Å²) in [5, 5.41) is 22.4. The van der Waals surface area contributed by atoms with Crippen molar-refractivity contribution in [1.29, 1.82) is 0 Å². The number of aliphatic hydroxyl groups excluding tert-OH is 1. The molecule has 2 amide bonds. The Morgan fingerprint density at radius 3 is 2.48 bits per heavy atom. The van der Waals surface area contributed by atoms with E-state index in [1.807, 2.05) is 0 Å². The van der Waals surface area contributed by atoms with Crippen LogP contribution in [0.15, 0.2) is 18.2 Å². The molecule has 0 spiro atoms. The van der Waals surface area contributed by atoms with Crippen LogP contribution in [-0.4, -0.2) is 52.5 Å². The number of nitro groups is 1. The van der Waals surface area contributed by atoms with Gasteiger partial charge in [-0.3, -0.25) is 19.7 Å². The van der Waals surface area contributed by atoms with Crippen LogP contribution < -0.4 is 5.32 Å². The van der Waals surface area contributed by atoms with E-state index in [0.717, 1.165) is 6.07 Å². The van der Waals surface area contributed by atoms with Gasteiger partial charge in [-0.15, -0.1) is 0 Å². The Hall–Kier alpha value is -2.19. The predicted molar refractivity (Wildman–Crippen MR) is 93.5 cm³/mol. The lowest BCUT2D eigenvalue weighted by molar-refractivity contribution is -0.384. The molecule has 1 aromatic rings. The molecule has 0 radical (unpaired) electrons. The first-order chi connectivity index (χ1) is 11.7. The number of benzene rings is 1. The molecule has 138 valence electrons. The minimum Gasteiger partial charge on any atom is -0.395 e. The van der Waals surface area contributed by atoms with Crippen molar-refractivity contribution in [3.8, 4) is 0 Å². The second-order valence-electron chi connectivity index (χ2n) is 5.76. The summed E-state index contributed by atoms with van der Waals surface area (Å²) in [4.78, 5) is 36.6. The molecule has 1 unspecified atom stereocenters. The highest BCUT2D eigenvalue weighted by Crippen LogP contribution is 2.22. The number of nitrogens with one attached hydrogen (secondary N) is 1. The molecule has 25 heavy (non-hydrogen) atoms. The van der Waals surface area contributed by atoms with Gasteiger partial charge in [-0.2, -0.15) is 0 Å². The second kappa shape index (κ2) is 9.33. The third-order valence-electron chi connectivity index (χ3n) is 3.69. The van der Waals surface area contributed by atoms with Gasteiger partial charge in [0.1, 0.15) is 6.04 Å². The van der Waals surface area contributed by atoms with Gasteiger partial charge in [0.15, 0.2) is 0 Å². The minimum atomic E-state index is -0.801. The quantitative estimate of drug-likeness (QED) is 0.534. The topological polar surface area (TPSA) is 113 Å². The van der Waals surface area contributed by atoms with E-state index in [1.54, 1.807) is 20.8 Å². The van der Waals surface area contributed by atoms with Crippen LogP contribution >= 0.6 is 11.6 Å². The number of carbonyl (C=O) groups is 2. The van der Waals surface area contributed by atoms with Gasteiger partial charge in [0.05, 0.1) is 22.1 Å². The van der Waals surface area contributed by atoms with E-state index >= 15 is 0 Å². The molecule has 0 bridgehead atoms. The summed E-state index contributed by atoms with van der Waals surface area (Å²) >= 11 is 5.96. The Bertz CT molecular complexity index is 651. The number of hydrogen-bond acceptors (Lipinski definition) is 5. The lowest BCUT2D eigenvalue weighted by Gasteiger charge is -2.28. The van der Waals surface area contributed by atoms with Crippen molar-refractivity contribution in [2.24, 2.45) is 5.92 Å². The number of rotatable bonds is 8. The van der Waals surface area contributed by atoms with Crippen LogP contribution in [0.5, 0.6) is 0 Å². The van der Waals surface area contributed by atoms with Crippen LogP contribution in [0.3, 0.4) is 0 Å². The van der Waals surface area contributed by atoms with Crippen molar-refractivity contribution in [2.75, 3.05) is 19.7 Å². The summed E-state index contributed by atoms with van der Waals surface area (Å²) in [6, 6.07) is 2.72. The van der Waals surface area contributed by atoms with Crippen LogP contribution in [0.25, 0.3) is 0 Å². The fraction of sp³-hybridized carbons (Fsp3) is 0.500. The van der Waals surface area contributed by atoms with E-state index in [0.29, 0.717) is 6.54 Å². The number of aliphatic hydroxyl groups is 1. The Labute approximate surface area is 150 Å². The van der Waals surface area contributed by atoms with E-state index < -0.39 is 16.9 Å². The molecule has 0 saturated heterocycles. The Morgan fingerprint density at radius 1 is 1.40 bits per heavy atom. The molecular formula is C16H22ClN3O5. The number of nitrogens with zero attached hydrogens (tertiary/aromatic N) is 2. The first-order valence-corrected chi connectivity index (χ1v) is 8.25. The summed E-state index contributed by atoms with van der Waals surface area (Å²) in [6.45, 7) is 5.75. The lowest BCUT2D eigenvalue weighted by Crippen LogP contribution is -2.51. The molecule has 0 aliphatic rings. The van der Waals surface area contributed by atoms with Crippen LogP contribution in [0.4, 0.5) is 5.69 Å². The van der Waals surface area contributed by atoms with Crippen LogP contribution in [-0.2, 0) is 4.79 Å². The highest BCUT2D eigenvalue weighted by Gasteiger charge is 2.29. The Kier molecular flexibility index (Phi) is 7.79. The third-order valence-corrected chi connectivity index (χ3v) is 4.00. The first-order valence-electron chi connectivity index (χ1n) is 7.87. The largest absolute Gasteiger partial charge is 0.395 e. The standard InChI is InChI=1S/C16H22ClN3O5/c1-4-19(7-8-21)16(23)14(10(2)3)18-15(22)12-6-5-11(20(24)25)9-13(12)17/h5-6,9-10,14,21H,4,7-8H2,1-3H3,(H,18,22). The van der Waals surface area contributed by atoms with Crippen LogP contribution in [0.2, 0.25) is 5.02 Å². The maximum absolute atomic E-state index is 12.6. The van der Waals surface area contributed by atoms with Gasteiger partial charge in [-0.25, -0.2) is 0 Å². The fourth-order valence-corrected chi connectivity index (χ4v) is 2.54. The van der Waals surface area contributed by atoms with Gasteiger partial charge in [-0.05, 0) is 18.9 Å². The average Bonchev–Trinajstić information content (AvgIpc) is 2.56. The fourth-order valence-electron chi connectivity index (χ4n) is 2.28. The molecule has 1 aromatic carbocycles. The molecule has 1 atom stereocenters. The molecule has 8 nitrogen and oxygen atoms in total. The van der Waals surface area contributed by atoms with E-state index in [2.05, 4.69) is 5.32 Å². The van der Waals surface area contributed by atoms with Crippen molar-refractivity contribution in [3.05, 3.63) is 38.9 Å². The molecule has 0 aliphatic carbocycles. The molecule has 0 heterocycles. The molecule has 1 rings (SSSR count). The Morgan fingerprint density at radius 2 is 2.04 bits per heavy atom. The zero-order valence-electron chi connectivity index (χ0n) is 14.4. The monoisotopic (exact) mass is 371 g/mol. The number of likely N-dealkylation sites (N-methyl/N-ethyl adjacent to an activating group) is 1. The van der Waals surface area contributed by atoms with Crippen molar-refractivity contribution in [3.63, 3.8) is 0 Å². The summed E-state index contributed by atoms with van der Waals surface area (Å²) in [7, 11) is 0. The molecule has 0 fully saturated rings. The normalized spacial score (nSPS) is 11.9. The lowest BCUT2D eigenvalue weighted by atomic mass is 10.0. The van der Waals surface area contributed by atoms with Gasteiger partial charge in [0.25, 0.3) is 11.6 Å². The predicted octanol–water partition coefficient (Wildman–Crippen LogP) is 1.84.